The van der Waals surface area contributed by atoms with Gasteiger partial charge in [0.1, 0.15) is 5.25 Å². The van der Waals surface area contributed by atoms with Gasteiger partial charge in [-0.2, -0.15) is 0 Å². The second-order valence-electron chi connectivity index (χ2n) is 8.31. The number of hydrogen-bond acceptors (Lipinski definition) is 4. The fourth-order valence-corrected chi connectivity index (χ4v) is 6.77. The lowest BCUT2D eigenvalue weighted by Crippen LogP contribution is -2.45. The first-order valence-corrected chi connectivity index (χ1v) is 11.5. The van der Waals surface area contributed by atoms with E-state index < -0.39 is 15.1 Å². The Kier molecular flexibility index (Phi) is 4.82. The van der Waals surface area contributed by atoms with Crippen molar-refractivity contribution in [1.82, 2.24) is 9.80 Å². The summed E-state index contributed by atoms with van der Waals surface area (Å²) in [5, 5.41) is -0.784. The van der Waals surface area contributed by atoms with Gasteiger partial charge in [0.15, 0.2) is 9.84 Å². The van der Waals surface area contributed by atoms with Crippen LogP contribution in [0, 0.1) is 5.41 Å². The SMILES string of the molecule is O=C(C1CCCCS1(=O)=O)N1CCC2(CCN(Cc3ccccc3)C2)C1. The third kappa shape index (κ3) is 3.54. The van der Waals surface area contributed by atoms with Crippen LogP contribution in [0.15, 0.2) is 30.3 Å². The number of hydrogen-bond donors (Lipinski definition) is 0. The van der Waals surface area contributed by atoms with Crippen LogP contribution in [-0.4, -0.2) is 61.3 Å². The van der Waals surface area contributed by atoms with Crippen molar-refractivity contribution < 1.29 is 13.2 Å². The average molecular weight is 377 g/mol. The highest BCUT2D eigenvalue weighted by Crippen LogP contribution is 2.40. The van der Waals surface area contributed by atoms with E-state index in [1.165, 1.54) is 5.56 Å². The fraction of sp³-hybridized carbons (Fsp3) is 0.650. The molecule has 3 heterocycles. The number of nitrogens with zero attached hydrogens (tertiary/aromatic N) is 2. The Morgan fingerprint density at radius 1 is 1.08 bits per heavy atom. The van der Waals surface area contributed by atoms with Crippen LogP contribution in [0.4, 0.5) is 0 Å². The van der Waals surface area contributed by atoms with Crippen LogP contribution in [0.1, 0.15) is 37.7 Å². The molecule has 5 nitrogen and oxygen atoms in total. The van der Waals surface area contributed by atoms with E-state index in [2.05, 4.69) is 29.2 Å². The predicted octanol–water partition coefficient (Wildman–Crippen LogP) is 2.08. The maximum atomic E-state index is 12.9. The molecule has 2 atom stereocenters. The largest absolute Gasteiger partial charge is 0.341 e. The minimum Gasteiger partial charge on any atom is -0.341 e. The molecule has 0 bridgehead atoms. The summed E-state index contributed by atoms with van der Waals surface area (Å²) in [5.74, 6) is 0.0378. The molecular formula is C20H28N2O3S. The van der Waals surface area contributed by atoms with Gasteiger partial charge in [-0.3, -0.25) is 9.69 Å². The lowest BCUT2D eigenvalue weighted by Gasteiger charge is -2.28. The van der Waals surface area contributed by atoms with E-state index in [1.54, 1.807) is 0 Å². The molecule has 26 heavy (non-hydrogen) atoms. The normalized spacial score (nSPS) is 31.5. The molecule has 1 amide bonds. The Morgan fingerprint density at radius 2 is 1.85 bits per heavy atom. The first-order valence-electron chi connectivity index (χ1n) is 9.74. The van der Waals surface area contributed by atoms with Gasteiger partial charge in [0, 0.05) is 31.6 Å². The molecule has 1 spiro atoms. The molecule has 2 unspecified atom stereocenters. The molecule has 3 fully saturated rings. The molecule has 142 valence electrons. The van der Waals surface area contributed by atoms with Crippen molar-refractivity contribution in [3.8, 4) is 0 Å². The van der Waals surface area contributed by atoms with Gasteiger partial charge in [-0.15, -0.1) is 0 Å². The summed E-state index contributed by atoms with van der Waals surface area (Å²) in [4.78, 5) is 17.2. The third-order valence-electron chi connectivity index (χ3n) is 6.37. The molecule has 0 saturated carbocycles. The van der Waals surface area contributed by atoms with Gasteiger partial charge >= 0.3 is 0 Å². The first kappa shape index (κ1) is 18.0. The van der Waals surface area contributed by atoms with E-state index in [4.69, 9.17) is 0 Å². The zero-order valence-corrected chi connectivity index (χ0v) is 16.1. The average Bonchev–Trinajstić information content (AvgIpc) is 3.22. The molecule has 1 aromatic carbocycles. The lowest BCUT2D eigenvalue weighted by atomic mass is 9.86. The van der Waals surface area contributed by atoms with Crippen molar-refractivity contribution in [3.05, 3.63) is 35.9 Å². The molecule has 3 aliphatic heterocycles. The number of carbonyl (C=O) groups is 1. The summed E-state index contributed by atoms with van der Waals surface area (Å²) in [7, 11) is -3.25. The molecule has 6 heteroatoms. The van der Waals surface area contributed by atoms with Crippen LogP contribution in [0.3, 0.4) is 0 Å². The molecule has 4 rings (SSSR count). The van der Waals surface area contributed by atoms with Crippen LogP contribution >= 0.6 is 0 Å². The molecular weight excluding hydrogens is 348 g/mol. The van der Waals surface area contributed by atoms with E-state index in [0.29, 0.717) is 19.4 Å². The molecule has 0 aromatic heterocycles. The van der Waals surface area contributed by atoms with Gasteiger partial charge < -0.3 is 4.90 Å². The number of sulfone groups is 1. The van der Waals surface area contributed by atoms with Gasteiger partial charge in [-0.1, -0.05) is 36.8 Å². The Bertz CT molecular complexity index is 765. The van der Waals surface area contributed by atoms with Gasteiger partial charge in [0.05, 0.1) is 5.75 Å². The monoisotopic (exact) mass is 376 g/mol. The minimum atomic E-state index is -3.25. The van der Waals surface area contributed by atoms with E-state index in [-0.39, 0.29) is 17.1 Å². The van der Waals surface area contributed by atoms with E-state index in [1.807, 2.05) is 11.0 Å². The van der Waals surface area contributed by atoms with Crippen molar-refractivity contribution in [2.45, 2.75) is 43.9 Å². The van der Waals surface area contributed by atoms with E-state index in [9.17, 15) is 13.2 Å². The van der Waals surface area contributed by atoms with Crippen LogP contribution in [0.25, 0.3) is 0 Å². The van der Waals surface area contributed by atoms with E-state index in [0.717, 1.165) is 45.4 Å². The van der Waals surface area contributed by atoms with Crippen molar-refractivity contribution in [2.75, 3.05) is 31.9 Å². The number of carbonyl (C=O) groups excluding carboxylic acids is 1. The van der Waals surface area contributed by atoms with Gasteiger partial charge in [-0.05, 0) is 37.8 Å². The van der Waals surface area contributed by atoms with Crippen molar-refractivity contribution in [1.29, 1.82) is 0 Å². The summed E-state index contributed by atoms with van der Waals surface area (Å²) >= 11 is 0. The maximum Gasteiger partial charge on any atom is 0.240 e. The number of amides is 1. The van der Waals surface area contributed by atoms with Crippen LogP contribution in [0.5, 0.6) is 0 Å². The van der Waals surface area contributed by atoms with Crippen molar-refractivity contribution >= 4 is 15.7 Å². The predicted molar refractivity (Wildman–Crippen MR) is 101 cm³/mol. The molecule has 0 N–H and O–H groups in total. The summed E-state index contributed by atoms with van der Waals surface area (Å²) in [5.41, 5.74) is 1.48. The minimum absolute atomic E-state index is 0.136. The third-order valence-corrected chi connectivity index (χ3v) is 8.53. The second-order valence-corrected chi connectivity index (χ2v) is 10.6. The van der Waals surface area contributed by atoms with Crippen LogP contribution in [-0.2, 0) is 21.2 Å². The van der Waals surface area contributed by atoms with Crippen molar-refractivity contribution in [3.63, 3.8) is 0 Å². The van der Waals surface area contributed by atoms with Crippen molar-refractivity contribution in [2.24, 2.45) is 5.41 Å². The fourth-order valence-electron chi connectivity index (χ4n) is 4.90. The Morgan fingerprint density at radius 3 is 2.62 bits per heavy atom. The molecule has 3 saturated heterocycles. The Hall–Kier alpha value is -1.40. The van der Waals surface area contributed by atoms with Crippen LogP contribution in [0.2, 0.25) is 0 Å². The number of rotatable bonds is 3. The number of benzene rings is 1. The number of likely N-dealkylation sites (tertiary alicyclic amines) is 2. The second kappa shape index (κ2) is 6.97. The smallest absolute Gasteiger partial charge is 0.240 e. The quantitative estimate of drug-likeness (QED) is 0.810. The zero-order valence-electron chi connectivity index (χ0n) is 15.3. The first-order chi connectivity index (χ1) is 12.5. The maximum absolute atomic E-state index is 12.9. The molecule has 0 aliphatic carbocycles. The highest BCUT2D eigenvalue weighted by molar-refractivity contribution is 7.92. The van der Waals surface area contributed by atoms with Gasteiger partial charge in [0.2, 0.25) is 5.91 Å². The molecule has 3 aliphatic rings. The van der Waals surface area contributed by atoms with E-state index >= 15 is 0 Å². The summed E-state index contributed by atoms with van der Waals surface area (Å²) < 4.78 is 24.6. The summed E-state index contributed by atoms with van der Waals surface area (Å²) in [6.45, 7) is 4.45. The van der Waals surface area contributed by atoms with Gasteiger partial charge in [-0.25, -0.2) is 8.42 Å². The van der Waals surface area contributed by atoms with Gasteiger partial charge in [0.25, 0.3) is 0 Å². The standard InChI is InChI=1S/C20H28N2O3S/c23-19(18-8-4-5-13-26(18,24)25)22-12-10-20(16-22)9-11-21(15-20)14-17-6-2-1-3-7-17/h1-3,6-7,18H,4-5,8-16H2. The topological polar surface area (TPSA) is 57.7 Å². The highest BCUT2D eigenvalue weighted by Gasteiger charge is 2.47. The Balaban J connectivity index is 1.38. The zero-order chi connectivity index (χ0) is 18.2. The molecule has 1 aromatic rings. The van der Waals surface area contributed by atoms with Crippen LogP contribution < -0.4 is 0 Å². The lowest BCUT2D eigenvalue weighted by molar-refractivity contribution is -0.130. The highest BCUT2D eigenvalue weighted by atomic mass is 32.2. The Labute approximate surface area is 156 Å². The summed E-state index contributed by atoms with van der Waals surface area (Å²) in [6.07, 6.45) is 4.15. The molecule has 0 radical (unpaired) electrons. The summed E-state index contributed by atoms with van der Waals surface area (Å²) in [6, 6.07) is 10.5.